The summed E-state index contributed by atoms with van der Waals surface area (Å²) in [5, 5.41) is 2.15. The molecule has 5 nitrogen and oxygen atoms in total. The molecule has 2 heterocycles. The Balaban J connectivity index is 1.41. The highest BCUT2D eigenvalue weighted by Gasteiger charge is 2.47. The number of fused-ring (bicyclic) bond motifs is 8. The molecule has 244 valence electrons. The summed E-state index contributed by atoms with van der Waals surface area (Å²) in [4.78, 5) is 2.39. The molecule has 0 saturated carbocycles. The molecule has 5 aromatic carbocycles. The first-order valence-corrected chi connectivity index (χ1v) is 17.4. The van der Waals surface area contributed by atoms with Gasteiger partial charge in [-0.05, 0) is 77.7 Å². The number of morpholine rings is 1. The van der Waals surface area contributed by atoms with E-state index in [1.807, 2.05) is 6.92 Å². The van der Waals surface area contributed by atoms with E-state index in [-0.39, 0.29) is 5.41 Å². The van der Waals surface area contributed by atoms with Gasteiger partial charge in [0.05, 0.1) is 26.9 Å². The number of hydrogen-bond donors (Lipinski definition) is 0. The fourth-order valence-corrected chi connectivity index (χ4v) is 8.49. The molecule has 0 N–H and O–H groups in total. The molecule has 0 amide bonds. The maximum Gasteiger partial charge on any atom is 0.178 e. The van der Waals surface area contributed by atoms with Gasteiger partial charge in [0.25, 0.3) is 0 Å². The highest BCUT2D eigenvalue weighted by atomic mass is 16.5. The normalized spacial score (nSPS) is 19.0. The molecule has 5 heteroatoms. The maximum atomic E-state index is 7.58. The molecule has 0 bridgehead atoms. The number of benzene rings is 5. The molecule has 48 heavy (non-hydrogen) atoms. The van der Waals surface area contributed by atoms with Crippen LogP contribution in [-0.2, 0) is 15.8 Å². The highest BCUT2D eigenvalue weighted by Crippen LogP contribution is 2.61. The first-order valence-electron chi connectivity index (χ1n) is 17.4. The van der Waals surface area contributed by atoms with E-state index in [9.17, 15) is 0 Å². The fourth-order valence-electron chi connectivity index (χ4n) is 8.49. The maximum absolute atomic E-state index is 7.58. The minimum atomic E-state index is -0.836. The van der Waals surface area contributed by atoms with E-state index in [1.165, 1.54) is 27.9 Å². The molecule has 5 aromatic rings. The van der Waals surface area contributed by atoms with Crippen LogP contribution in [0, 0.1) is 0 Å². The van der Waals surface area contributed by atoms with Gasteiger partial charge in [-0.25, -0.2) is 0 Å². The summed E-state index contributed by atoms with van der Waals surface area (Å²) in [5.41, 5.74) is 8.86. The van der Waals surface area contributed by atoms with Crippen LogP contribution in [0.15, 0.2) is 97.1 Å². The zero-order chi connectivity index (χ0) is 32.9. The van der Waals surface area contributed by atoms with Gasteiger partial charge in [-0.1, -0.05) is 86.7 Å². The fraction of sp³-hybridized carbons (Fsp3) is 0.302. The van der Waals surface area contributed by atoms with Crippen LogP contribution in [0.5, 0.6) is 17.2 Å². The molecule has 1 aliphatic carbocycles. The Morgan fingerprint density at radius 2 is 1.46 bits per heavy atom. The van der Waals surface area contributed by atoms with E-state index in [1.54, 1.807) is 7.11 Å². The number of hydrogen-bond acceptors (Lipinski definition) is 5. The Hall–Kier alpha value is -4.74. The zero-order valence-corrected chi connectivity index (χ0v) is 28.3. The van der Waals surface area contributed by atoms with Crippen molar-refractivity contribution in [2.24, 2.45) is 0 Å². The minimum Gasteiger partial charge on any atom is -0.493 e. The van der Waals surface area contributed by atoms with Crippen molar-refractivity contribution in [1.29, 1.82) is 0 Å². The predicted octanol–water partition coefficient (Wildman–Crippen LogP) is 9.52. The summed E-state index contributed by atoms with van der Waals surface area (Å²) in [5.74, 6) is 2.33. The molecule has 0 radical (unpaired) electrons. The van der Waals surface area contributed by atoms with E-state index in [0.717, 1.165) is 78.1 Å². The van der Waals surface area contributed by atoms with Gasteiger partial charge in [-0.3, -0.25) is 0 Å². The van der Waals surface area contributed by atoms with Gasteiger partial charge in [-0.2, -0.15) is 0 Å². The quantitative estimate of drug-likeness (QED) is 0.170. The third kappa shape index (κ3) is 4.47. The van der Waals surface area contributed by atoms with E-state index in [0.29, 0.717) is 12.4 Å². The van der Waals surface area contributed by atoms with Crippen LogP contribution in [0.3, 0.4) is 0 Å². The van der Waals surface area contributed by atoms with Crippen LogP contribution < -0.4 is 19.1 Å². The molecule has 1 fully saturated rings. The van der Waals surface area contributed by atoms with Crippen molar-refractivity contribution in [3.05, 3.63) is 125 Å². The molecule has 1 saturated heterocycles. The second-order valence-electron chi connectivity index (χ2n) is 13.0. The van der Waals surface area contributed by atoms with E-state index >= 15 is 0 Å². The van der Waals surface area contributed by atoms with Gasteiger partial charge < -0.3 is 23.8 Å². The molecule has 2 aliphatic heterocycles. The number of rotatable bonds is 8. The number of anilines is 1. The van der Waals surface area contributed by atoms with Crippen molar-refractivity contribution >= 4 is 22.5 Å². The van der Waals surface area contributed by atoms with Crippen LogP contribution >= 0.6 is 0 Å². The Bertz CT molecular complexity index is 2010. The van der Waals surface area contributed by atoms with Crippen molar-refractivity contribution in [2.45, 2.75) is 44.6 Å². The highest BCUT2D eigenvalue weighted by molar-refractivity contribution is 6.09. The van der Waals surface area contributed by atoms with Crippen LogP contribution in [-0.4, -0.2) is 40.0 Å². The third-order valence-electron chi connectivity index (χ3n) is 10.9. The lowest BCUT2D eigenvalue weighted by Gasteiger charge is -2.39. The van der Waals surface area contributed by atoms with Crippen molar-refractivity contribution in [2.75, 3.05) is 44.9 Å². The van der Waals surface area contributed by atoms with E-state index in [4.69, 9.17) is 18.9 Å². The SMILES string of the molecule is CCOc1cc2c3c(c4c(c2cc1OC)OC(c1ccccc1)(c1ccc(N2CCOCC2)cc1)C=C4)C(CC)(CC)c1ccccc1-3. The summed E-state index contributed by atoms with van der Waals surface area (Å²) in [7, 11) is 1.71. The Labute approximate surface area is 283 Å². The van der Waals surface area contributed by atoms with Gasteiger partial charge in [0.1, 0.15) is 5.75 Å². The molecular weight excluding hydrogens is 594 g/mol. The molecule has 0 spiro atoms. The first-order chi connectivity index (χ1) is 23.6. The zero-order valence-electron chi connectivity index (χ0n) is 28.3. The van der Waals surface area contributed by atoms with Gasteiger partial charge in [0.2, 0.25) is 0 Å². The van der Waals surface area contributed by atoms with Crippen LogP contribution in [0.1, 0.15) is 61.4 Å². The van der Waals surface area contributed by atoms with Gasteiger partial charge >= 0.3 is 0 Å². The minimum absolute atomic E-state index is 0.143. The summed E-state index contributed by atoms with van der Waals surface area (Å²) in [6.07, 6.45) is 6.60. The Kier molecular flexibility index (Phi) is 7.68. The Morgan fingerprint density at radius 1 is 0.771 bits per heavy atom. The summed E-state index contributed by atoms with van der Waals surface area (Å²) in [6, 6.07) is 32.8. The van der Waals surface area contributed by atoms with Crippen LogP contribution in [0.4, 0.5) is 5.69 Å². The lowest BCUT2D eigenvalue weighted by Crippen LogP contribution is -2.37. The first kappa shape index (κ1) is 30.6. The van der Waals surface area contributed by atoms with Crippen LogP contribution in [0.2, 0.25) is 0 Å². The lowest BCUT2D eigenvalue weighted by molar-refractivity contribution is 0.122. The molecule has 1 unspecified atom stereocenters. The predicted molar refractivity (Wildman–Crippen MR) is 195 cm³/mol. The number of ether oxygens (including phenoxy) is 4. The van der Waals surface area contributed by atoms with Gasteiger partial charge in [0.15, 0.2) is 17.1 Å². The van der Waals surface area contributed by atoms with Crippen molar-refractivity contribution in [3.8, 4) is 28.4 Å². The largest absolute Gasteiger partial charge is 0.493 e. The average Bonchev–Trinajstić information content (AvgIpc) is 3.46. The second kappa shape index (κ2) is 12.1. The molecule has 3 aliphatic rings. The number of nitrogens with zero attached hydrogens (tertiary/aromatic N) is 1. The lowest BCUT2D eigenvalue weighted by atomic mass is 9.71. The Morgan fingerprint density at radius 3 is 2.17 bits per heavy atom. The summed E-state index contributed by atoms with van der Waals surface area (Å²) < 4.78 is 25.3. The topological polar surface area (TPSA) is 40.2 Å². The number of methoxy groups -OCH3 is 1. The molecule has 1 atom stereocenters. The smallest absolute Gasteiger partial charge is 0.178 e. The standard InChI is InChI=1S/C43H43NO4/c1-5-42(6-2)36-16-12-11-15-32(36)39-34-27-38(47-7-3)37(45-4)28-35(34)41-33(40(39)42)21-22-43(48-41,29-13-9-8-10-14-29)30-17-19-31(20-18-30)44-23-25-46-26-24-44/h8-22,27-28H,5-7,23-26H2,1-4H3. The molecular formula is C43H43NO4. The van der Waals surface area contributed by atoms with Gasteiger partial charge in [-0.15, -0.1) is 0 Å². The summed E-state index contributed by atoms with van der Waals surface area (Å²) >= 11 is 0. The second-order valence-corrected chi connectivity index (χ2v) is 13.0. The van der Waals surface area contributed by atoms with Crippen LogP contribution in [0.25, 0.3) is 28.0 Å². The summed E-state index contributed by atoms with van der Waals surface area (Å²) in [6.45, 7) is 10.5. The molecule has 8 rings (SSSR count). The molecule has 0 aromatic heterocycles. The van der Waals surface area contributed by atoms with Crippen molar-refractivity contribution in [1.82, 2.24) is 0 Å². The average molecular weight is 638 g/mol. The third-order valence-corrected chi connectivity index (χ3v) is 10.9. The van der Waals surface area contributed by atoms with Crippen molar-refractivity contribution in [3.63, 3.8) is 0 Å². The van der Waals surface area contributed by atoms with E-state index < -0.39 is 5.60 Å². The monoisotopic (exact) mass is 637 g/mol. The van der Waals surface area contributed by atoms with E-state index in [2.05, 4.69) is 122 Å². The van der Waals surface area contributed by atoms with Crippen molar-refractivity contribution < 1.29 is 18.9 Å². The van der Waals surface area contributed by atoms with Gasteiger partial charge in [0, 0.05) is 46.3 Å².